The molecule has 0 aliphatic rings. The summed E-state index contributed by atoms with van der Waals surface area (Å²) < 4.78 is 13.0. The summed E-state index contributed by atoms with van der Waals surface area (Å²) in [6.07, 6.45) is 0. The smallest absolute Gasteiger partial charge is 0.251 e. The molecule has 2 N–H and O–H groups in total. The zero-order chi connectivity index (χ0) is 10.6. The van der Waals surface area contributed by atoms with E-state index in [-0.39, 0.29) is 23.5 Å². The molecule has 3 nitrogen and oxygen atoms in total. The average molecular weight is 262 g/mol. The number of halogens is 2. The van der Waals surface area contributed by atoms with Gasteiger partial charge in [0.25, 0.3) is 5.91 Å². The number of aliphatic hydroxyl groups excluding tert-OH is 1. The minimum absolute atomic E-state index is 0.117. The number of hydrogen-bond donors (Lipinski definition) is 2. The molecular weight excluding hydrogens is 253 g/mol. The fraction of sp³-hybridized carbons (Fsp3) is 0.222. The molecule has 0 unspecified atom stereocenters. The van der Waals surface area contributed by atoms with Crippen LogP contribution in [-0.4, -0.2) is 24.2 Å². The zero-order valence-electron chi connectivity index (χ0n) is 7.26. The van der Waals surface area contributed by atoms with Gasteiger partial charge in [-0.2, -0.15) is 0 Å². The molecule has 0 aromatic heterocycles. The predicted molar refractivity (Wildman–Crippen MR) is 53.5 cm³/mol. The van der Waals surface area contributed by atoms with Gasteiger partial charge in [0.1, 0.15) is 5.82 Å². The third kappa shape index (κ3) is 2.78. The third-order valence-corrected chi connectivity index (χ3v) is 2.19. The first kappa shape index (κ1) is 11.1. The van der Waals surface area contributed by atoms with Gasteiger partial charge >= 0.3 is 0 Å². The second kappa shape index (κ2) is 5.07. The number of carbonyl (C=O) groups excluding carboxylic acids is 1. The second-order valence-electron chi connectivity index (χ2n) is 2.61. The molecule has 0 spiro atoms. The van der Waals surface area contributed by atoms with E-state index in [1.165, 1.54) is 18.2 Å². The van der Waals surface area contributed by atoms with Gasteiger partial charge in [-0.1, -0.05) is 0 Å². The van der Waals surface area contributed by atoms with Crippen LogP contribution < -0.4 is 5.32 Å². The van der Waals surface area contributed by atoms with E-state index >= 15 is 0 Å². The van der Waals surface area contributed by atoms with Crippen molar-refractivity contribution in [1.82, 2.24) is 5.32 Å². The summed E-state index contributed by atoms with van der Waals surface area (Å²) in [6, 6.07) is 3.98. The molecule has 0 aliphatic heterocycles. The lowest BCUT2D eigenvalue weighted by molar-refractivity contribution is 0.0944. The van der Waals surface area contributed by atoms with Crippen molar-refractivity contribution in [3.05, 3.63) is 34.1 Å². The summed E-state index contributed by atoms with van der Waals surface area (Å²) in [7, 11) is 0. The molecule has 1 amide bonds. The maximum Gasteiger partial charge on any atom is 0.251 e. The van der Waals surface area contributed by atoms with Gasteiger partial charge in [-0.3, -0.25) is 4.79 Å². The van der Waals surface area contributed by atoms with Gasteiger partial charge in [-0.25, -0.2) is 4.39 Å². The molecule has 5 heteroatoms. The molecule has 0 aliphatic carbocycles. The van der Waals surface area contributed by atoms with Crippen LogP contribution in [0.15, 0.2) is 22.7 Å². The van der Waals surface area contributed by atoms with Gasteiger partial charge in [-0.05, 0) is 34.1 Å². The lowest BCUT2D eigenvalue weighted by Crippen LogP contribution is -2.26. The van der Waals surface area contributed by atoms with Gasteiger partial charge < -0.3 is 10.4 Å². The van der Waals surface area contributed by atoms with E-state index in [1.807, 2.05) is 0 Å². The minimum Gasteiger partial charge on any atom is -0.395 e. The Morgan fingerprint density at radius 1 is 1.57 bits per heavy atom. The topological polar surface area (TPSA) is 49.3 Å². The number of amides is 1. The van der Waals surface area contributed by atoms with E-state index in [2.05, 4.69) is 21.2 Å². The fourth-order valence-electron chi connectivity index (χ4n) is 0.909. The van der Waals surface area contributed by atoms with E-state index in [9.17, 15) is 9.18 Å². The molecule has 0 atom stereocenters. The van der Waals surface area contributed by atoms with E-state index in [4.69, 9.17) is 5.11 Å². The van der Waals surface area contributed by atoms with E-state index in [1.54, 1.807) is 0 Å². The largest absolute Gasteiger partial charge is 0.395 e. The van der Waals surface area contributed by atoms with Gasteiger partial charge in [-0.15, -0.1) is 0 Å². The summed E-state index contributed by atoms with van der Waals surface area (Å²) in [6.45, 7) is 0.0714. The number of carbonyl (C=O) groups is 1. The summed E-state index contributed by atoms with van der Waals surface area (Å²) in [5.41, 5.74) is 0.353. The highest BCUT2D eigenvalue weighted by atomic mass is 79.9. The zero-order valence-corrected chi connectivity index (χ0v) is 8.84. The third-order valence-electron chi connectivity index (χ3n) is 1.58. The summed E-state index contributed by atoms with van der Waals surface area (Å²) in [5.74, 6) is -0.747. The molecule has 0 heterocycles. The van der Waals surface area contributed by atoms with Crippen LogP contribution in [0.2, 0.25) is 0 Å². The Hall–Kier alpha value is -0.940. The summed E-state index contributed by atoms with van der Waals surface area (Å²) in [4.78, 5) is 11.3. The maximum absolute atomic E-state index is 12.8. The van der Waals surface area contributed by atoms with Crippen molar-refractivity contribution in [2.24, 2.45) is 0 Å². The molecular formula is C9H9BrFNO2. The molecule has 0 saturated carbocycles. The molecule has 0 radical (unpaired) electrons. The molecule has 1 rings (SSSR count). The molecule has 1 aromatic carbocycles. The Labute approximate surface area is 89.1 Å². The fourth-order valence-corrected chi connectivity index (χ4v) is 1.29. The van der Waals surface area contributed by atoms with Crippen LogP contribution in [-0.2, 0) is 0 Å². The Bertz CT molecular complexity index is 344. The Kier molecular flexibility index (Phi) is 4.03. The van der Waals surface area contributed by atoms with Crippen molar-refractivity contribution >= 4 is 21.8 Å². The average Bonchev–Trinajstić information content (AvgIpc) is 2.18. The maximum atomic E-state index is 12.8. The van der Waals surface area contributed by atoms with Crippen molar-refractivity contribution in [3.63, 3.8) is 0 Å². The quantitative estimate of drug-likeness (QED) is 0.862. The number of benzene rings is 1. The van der Waals surface area contributed by atoms with Crippen LogP contribution in [0.25, 0.3) is 0 Å². The molecule has 0 fully saturated rings. The minimum atomic E-state index is -0.413. The van der Waals surface area contributed by atoms with Crippen molar-refractivity contribution in [2.75, 3.05) is 13.2 Å². The Balaban J connectivity index is 2.76. The highest BCUT2D eigenvalue weighted by Crippen LogP contribution is 2.16. The standard InChI is InChI=1S/C9H9BrFNO2/c10-7-5-6(1-2-8(7)11)9(14)12-3-4-13/h1-2,5,13H,3-4H2,(H,12,14). The molecule has 1 aromatic rings. The van der Waals surface area contributed by atoms with E-state index in [0.717, 1.165) is 0 Å². The summed E-state index contributed by atoms with van der Waals surface area (Å²) in [5, 5.41) is 10.9. The van der Waals surface area contributed by atoms with Crippen LogP contribution in [0.5, 0.6) is 0 Å². The molecule has 0 bridgehead atoms. The molecule has 0 saturated heterocycles. The van der Waals surface area contributed by atoms with Gasteiger partial charge in [0.15, 0.2) is 0 Å². The van der Waals surface area contributed by atoms with Crippen LogP contribution in [0.3, 0.4) is 0 Å². The van der Waals surface area contributed by atoms with Crippen LogP contribution in [0.1, 0.15) is 10.4 Å². The first-order chi connectivity index (χ1) is 6.65. The van der Waals surface area contributed by atoms with Crippen LogP contribution in [0.4, 0.5) is 4.39 Å². The van der Waals surface area contributed by atoms with Crippen LogP contribution >= 0.6 is 15.9 Å². The number of hydrogen-bond acceptors (Lipinski definition) is 2. The SMILES string of the molecule is O=C(NCCO)c1ccc(F)c(Br)c1. The van der Waals surface area contributed by atoms with Gasteiger partial charge in [0, 0.05) is 12.1 Å². The van der Waals surface area contributed by atoms with Crippen molar-refractivity contribution in [2.45, 2.75) is 0 Å². The molecule has 14 heavy (non-hydrogen) atoms. The molecule has 76 valence electrons. The summed E-state index contributed by atoms with van der Waals surface area (Å²) >= 11 is 2.98. The number of nitrogens with one attached hydrogen (secondary N) is 1. The van der Waals surface area contributed by atoms with E-state index in [0.29, 0.717) is 5.56 Å². The van der Waals surface area contributed by atoms with Gasteiger partial charge in [0.05, 0.1) is 11.1 Å². The number of rotatable bonds is 3. The predicted octanol–water partition coefficient (Wildman–Crippen LogP) is 1.31. The second-order valence-corrected chi connectivity index (χ2v) is 3.46. The monoisotopic (exact) mass is 261 g/mol. The van der Waals surface area contributed by atoms with Crippen molar-refractivity contribution < 1.29 is 14.3 Å². The van der Waals surface area contributed by atoms with Crippen molar-refractivity contribution in [3.8, 4) is 0 Å². The van der Waals surface area contributed by atoms with Crippen molar-refractivity contribution in [1.29, 1.82) is 0 Å². The normalized spacial score (nSPS) is 9.93. The Morgan fingerprint density at radius 2 is 2.29 bits per heavy atom. The first-order valence-electron chi connectivity index (χ1n) is 3.99. The Morgan fingerprint density at radius 3 is 2.86 bits per heavy atom. The first-order valence-corrected chi connectivity index (χ1v) is 4.78. The highest BCUT2D eigenvalue weighted by Gasteiger charge is 2.07. The lowest BCUT2D eigenvalue weighted by atomic mass is 10.2. The highest BCUT2D eigenvalue weighted by molar-refractivity contribution is 9.10. The van der Waals surface area contributed by atoms with Gasteiger partial charge in [0.2, 0.25) is 0 Å². The van der Waals surface area contributed by atoms with E-state index < -0.39 is 5.82 Å². The van der Waals surface area contributed by atoms with Crippen LogP contribution in [0, 0.1) is 5.82 Å². The lowest BCUT2D eigenvalue weighted by Gasteiger charge is -2.03. The number of aliphatic hydroxyl groups is 1.